The van der Waals surface area contributed by atoms with Crippen molar-refractivity contribution in [3.63, 3.8) is 0 Å². The molecule has 0 aliphatic carbocycles. The van der Waals surface area contributed by atoms with E-state index < -0.39 is 0 Å². The van der Waals surface area contributed by atoms with Crippen LogP contribution in [0.2, 0.25) is 0 Å². The summed E-state index contributed by atoms with van der Waals surface area (Å²) >= 11 is 0. The number of hydrogen-bond acceptors (Lipinski definition) is 6. The summed E-state index contributed by atoms with van der Waals surface area (Å²) in [5, 5.41) is 17.2. The summed E-state index contributed by atoms with van der Waals surface area (Å²) in [6.45, 7) is 7.95. The first-order valence-electron chi connectivity index (χ1n) is 9.01. The number of azo groups is 2. The molecule has 0 saturated carbocycles. The van der Waals surface area contributed by atoms with Gasteiger partial charge in [0.1, 0.15) is 11.4 Å². The zero-order valence-electron chi connectivity index (χ0n) is 16.6. The van der Waals surface area contributed by atoms with Gasteiger partial charge in [-0.15, -0.1) is 10.2 Å². The SMILES string of the molecule is Cc1ccc(N=Nc2c(N)c(C)cc(N=Nc3ccc(C)cc3C)c2N)cc1. The van der Waals surface area contributed by atoms with Crippen LogP contribution in [0.4, 0.5) is 34.1 Å². The molecule has 3 aromatic carbocycles. The van der Waals surface area contributed by atoms with Gasteiger partial charge in [-0.1, -0.05) is 35.4 Å². The molecule has 6 heteroatoms. The lowest BCUT2D eigenvalue weighted by atomic mass is 10.1. The summed E-state index contributed by atoms with van der Waals surface area (Å²) in [6.07, 6.45) is 0. The van der Waals surface area contributed by atoms with E-state index >= 15 is 0 Å². The lowest BCUT2D eigenvalue weighted by Crippen LogP contribution is -1.95. The number of hydrogen-bond donors (Lipinski definition) is 2. The van der Waals surface area contributed by atoms with Gasteiger partial charge in [0.2, 0.25) is 0 Å². The van der Waals surface area contributed by atoms with E-state index in [2.05, 4.69) is 26.5 Å². The fraction of sp³-hybridized carbons (Fsp3) is 0.182. The maximum atomic E-state index is 6.28. The predicted molar refractivity (Wildman–Crippen MR) is 115 cm³/mol. The van der Waals surface area contributed by atoms with Crippen LogP contribution in [-0.2, 0) is 0 Å². The minimum atomic E-state index is 0.354. The number of anilines is 2. The van der Waals surface area contributed by atoms with E-state index in [1.165, 1.54) is 5.56 Å². The fourth-order valence-corrected chi connectivity index (χ4v) is 2.75. The molecule has 0 atom stereocenters. The highest BCUT2D eigenvalue weighted by atomic mass is 15.1. The number of aryl methyl sites for hydroxylation is 4. The molecule has 0 bridgehead atoms. The van der Waals surface area contributed by atoms with Crippen LogP contribution in [0.15, 0.2) is 69.0 Å². The van der Waals surface area contributed by atoms with Gasteiger partial charge in [-0.3, -0.25) is 0 Å². The molecule has 0 radical (unpaired) electrons. The molecule has 0 fully saturated rings. The summed E-state index contributed by atoms with van der Waals surface area (Å²) < 4.78 is 0. The molecular formula is C22H24N6. The molecule has 0 saturated heterocycles. The summed E-state index contributed by atoms with van der Waals surface area (Å²) in [6, 6.07) is 15.5. The Balaban J connectivity index is 1.97. The molecule has 0 unspecified atom stereocenters. The summed E-state index contributed by atoms with van der Waals surface area (Å²) in [7, 11) is 0. The molecule has 142 valence electrons. The van der Waals surface area contributed by atoms with Gasteiger partial charge in [0, 0.05) is 0 Å². The summed E-state index contributed by atoms with van der Waals surface area (Å²) in [4.78, 5) is 0. The zero-order chi connectivity index (χ0) is 20.3. The maximum absolute atomic E-state index is 6.28. The second kappa shape index (κ2) is 8.00. The van der Waals surface area contributed by atoms with Crippen LogP contribution in [-0.4, -0.2) is 0 Å². The lowest BCUT2D eigenvalue weighted by Gasteiger charge is -2.09. The first-order chi connectivity index (χ1) is 13.3. The minimum Gasteiger partial charge on any atom is -0.397 e. The van der Waals surface area contributed by atoms with Crippen LogP contribution in [0.1, 0.15) is 22.3 Å². The van der Waals surface area contributed by atoms with Crippen molar-refractivity contribution in [2.75, 3.05) is 11.5 Å². The molecule has 4 N–H and O–H groups in total. The lowest BCUT2D eigenvalue weighted by molar-refractivity contribution is 1.18. The molecule has 0 aliphatic rings. The summed E-state index contributed by atoms with van der Waals surface area (Å²) in [5.41, 5.74) is 20.0. The number of rotatable bonds is 4. The molecule has 0 spiro atoms. The smallest absolute Gasteiger partial charge is 0.134 e. The Hall–Kier alpha value is -3.54. The summed E-state index contributed by atoms with van der Waals surface area (Å²) in [5.74, 6) is 0. The van der Waals surface area contributed by atoms with E-state index in [4.69, 9.17) is 11.5 Å². The van der Waals surface area contributed by atoms with Crippen LogP contribution in [0.25, 0.3) is 0 Å². The third-order valence-corrected chi connectivity index (χ3v) is 4.48. The van der Waals surface area contributed by atoms with Crippen LogP contribution >= 0.6 is 0 Å². The number of nitrogens with two attached hydrogens (primary N) is 2. The molecule has 0 heterocycles. The quantitative estimate of drug-likeness (QED) is 0.383. The van der Waals surface area contributed by atoms with Gasteiger partial charge < -0.3 is 11.5 Å². The molecule has 0 amide bonds. The van der Waals surface area contributed by atoms with Crippen LogP contribution in [0, 0.1) is 27.7 Å². The first kappa shape index (κ1) is 19.2. The minimum absolute atomic E-state index is 0.354. The van der Waals surface area contributed by atoms with E-state index in [9.17, 15) is 0 Å². The molecule has 0 aromatic heterocycles. The van der Waals surface area contributed by atoms with Crippen molar-refractivity contribution >= 4 is 34.1 Å². The van der Waals surface area contributed by atoms with Crippen LogP contribution < -0.4 is 11.5 Å². The van der Waals surface area contributed by atoms with Gasteiger partial charge >= 0.3 is 0 Å². The van der Waals surface area contributed by atoms with E-state index in [-0.39, 0.29) is 0 Å². The number of nitrogens with zero attached hydrogens (tertiary/aromatic N) is 4. The second-order valence-corrected chi connectivity index (χ2v) is 6.91. The van der Waals surface area contributed by atoms with Crippen molar-refractivity contribution in [1.29, 1.82) is 0 Å². The fourth-order valence-electron chi connectivity index (χ4n) is 2.75. The van der Waals surface area contributed by atoms with E-state index in [1.807, 2.05) is 70.2 Å². The van der Waals surface area contributed by atoms with Gasteiger partial charge in [0.15, 0.2) is 0 Å². The molecule has 0 aliphatic heterocycles. The van der Waals surface area contributed by atoms with Gasteiger partial charge in [-0.25, -0.2) is 0 Å². The van der Waals surface area contributed by atoms with E-state index in [1.54, 1.807) is 0 Å². The zero-order valence-corrected chi connectivity index (χ0v) is 16.6. The normalized spacial score (nSPS) is 11.6. The highest BCUT2D eigenvalue weighted by Crippen LogP contribution is 2.41. The van der Waals surface area contributed by atoms with Crippen molar-refractivity contribution < 1.29 is 0 Å². The third-order valence-electron chi connectivity index (χ3n) is 4.48. The Kier molecular flexibility index (Phi) is 5.49. The van der Waals surface area contributed by atoms with E-state index in [0.717, 1.165) is 28.1 Å². The molecular weight excluding hydrogens is 348 g/mol. The number of nitrogen functional groups attached to an aromatic ring is 2. The van der Waals surface area contributed by atoms with Gasteiger partial charge in [0.25, 0.3) is 0 Å². The van der Waals surface area contributed by atoms with Gasteiger partial charge in [-0.2, -0.15) is 10.2 Å². The van der Waals surface area contributed by atoms with Gasteiger partial charge in [-0.05, 0) is 63.1 Å². The Labute approximate surface area is 165 Å². The van der Waals surface area contributed by atoms with Gasteiger partial charge in [0.05, 0.1) is 22.7 Å². The highest BCUT2D eigenvalue weighted by Gasteiger charge is 2.12. The van der Waals surface area contributed by atoms with Crippen molar-refractivity contribution in [3.8, 4) is 0 Å². The predicted octanol–water partition coefficient (Wildman–Crippen LogP) is 6.92. The Bertz CT molecular complexity index is 1070. The van der Waals surface area contributed by atoms with Crippen molar-refractivity contribution in [3.05, 3.63) is 70.8 Å². The molecule has 6 nitrogen and oxygen atoms in total. The average molecular weight is 372 g/mol. The average Bonchev–Trinajstić information content (AvgIpc) is 2.66. The van der Waals surface area contributed by atoms with E-state index in [0.29, 0.717) is 22.7 Å². The maximum Gasteiger partial charge on any atom is 0.134 e. The van der Waals surface area contributed by atoms with Crippen molar-refractivity contribution in [2.45, 2.75) is 27.7 Å². The molecule has 3 aromatic rings. The van der Waals surface area contributed by atoms with Crippen LogP contribution in [0.3, 0.4) is 0 Å². The van der Waals surface area contributed by atoms with Crippen LogP contribution in [0.5, 0.6) is 0 Å². The molecule has 28 heavy (non-hydrogen) atoms. The van der Waals surface area contributed by atoms with Crippen molar-refractivity contribution in [2.24, 2.45) is 20.5 Å². The Morgan fingerprint density at radius 3 is 1.89 bits per heavy atom. The second-order valence-electron chi connectivity index (χ2n) is 6.91. The Morgan fingerprint density at radius 2 is 1.21 bits per heavy atom. The third kappa shape index (κ3) is 4.23. The first-order valence-corrected chi connectivity index (χ1v) is 9.01. The largest absolute Gasteiger partial charge is 0.397 e. The molecule has 3 rings (SSSR count). The monoisotopic (exact) mass is 372 g/mol. The highest BCUT2D eigenvalue weighted by molar-refractivity contribution is 5.87. The number of benzene rings is 3. The standard InChI is InChI=1S/C22H24N6/c1-13-5-8-17(9-6-13)25-28-22-20(23)16(4)12-19(21(22)24)27-26-18-10-7-14(2)11-15(18)3/h5-12H,23-24H2,1-4H3. The topological polar surface area (TPSA) is 101 Å². The van der Waals surface area contributed by atoms with Crippen molar-refractivity contribution in [1.82, 2.24) is 0 Å². The Morgan fingerprint density at radius 1 is 0.571 bits per heavy atom.